The minimum Gasteiger partial charge on any atom is -0.465 e. The van der Waals surface area contributed by atoms with Crippen LogP contribution >= 0.6 is 0 Å². The van der Waals surface area contributed by atoms with E-state index in [4.69, 9.17) is 4.74 Å². The minimum atomic E-state index is -4.54. The number of aromatic amines is 1. The number of esters is 1. The fourth-order valence-electron chi connectivity index (χ4n) is 5.34. The molecule has 0 saturated carbocycles. The summed E-state index contributed by atoms with van der Waals surface area (Å²) in [7, 11) is 5.08. The zero-order chi connectivity index (χ0) is 29.6. The van der Waals surface area contributed by atoms with Crippen molar-refractivity contribution in [3.63, 3.8) is 0 Å². The Kier molecular flexibility index (Phi) is 6.65. The van der Waals surface area contributed by atoms with E-state index >= 15 is 0 Å². The molecule has 0 spiro atoms. The number of nitrogens with zero attached hydrogens (tertiary/aromatic N) is 2. The molecule has 6 rings (SSSR count). The highest BCUT2D eigenvalue weighted by Gasteiger charge is 2.32. The highest BCUT2D eigenvalue weighted by molar-refractivity contribution is 6.02. The van der Waals surface area contributed by atoms with Gasteiger partial charge in [0.2, 0.25) is 0 Å². The molecule has 0 aliphatic heterocycles. The van der Waals surface area contributed by atoms with Gasteiger partial charge in [0, 0.05) is 59.2 Å². The van der Waals surface area contributed by atoms with Crippen molar-refractivity contribution < 1.29 is 22.7 Å². The summed E-state index contributed by atoms with van der Waals surface area (Å²) in [6.45, 7) is 0. The third-order valence-corrected chi connectivity index (χ3v) is 7.25. The van der Waals surface area contributed by atoms with Crippen LogP contribution in [0.1, 0.15) is 15.9 Å². The molecule has 2 heterocycles. The van der Waals surface area contributed by atoms with Gasteiger partial charge in [0.05, 0.1) is 35.1 Å². The van der Waals surface area contributed by atoms with Crippen LogP contribution in [0.2, 0.25) is 0 Å². The van der Waals surface area contributed by atoms with Crippen LogP contribution in [0.15, 0.2) is 97.2 Å². The molecule has 6 aromatic rings. The summed E-state index contributed by atoms with van der Waals surface area (Å²) in [4.78, 5) is 17.1. The van der Waals surface area contributed by atoms with E-state index in [0.29, 0.717) is 28.2 Å². The monoisotopic (exact) mass is 568 g/mol. The SMILES string of the molecule is COC(=O)c1ccc(-n2ccc3c(Nc4cc(-c5[nH]c6ccccc6c5N(C)C)cc(C(F)(F)F)c4)cccc32)cc1. The molecule has 6 nitrogen and oxygen atoms in total. The molecule has 0 saturated heterocycles. The molecule has 0 fully saturated rings. The van der Waals surface area contributed by atoms with Gasteiger partial charge >= 0.3 is 12.1 Å². The summed E-state index contributed by atoms with van der Waals surface area (Å²) in [5, 5.41) is 5.00. The summed E-state index contributed by atoms with van der Waals surface area (Å²) in [6, 6.07) is 26.2. The molecule has 0 radical (unpaired) electrons. The number of ether oxygens (including phenoxy) is 1. The number of methoxy groups -OCH3 is 1. The number of anilines is 3. The van der Waals surface area contributed by atoms with Crippen molar-refractivity contribution in [1.82, 2.24) is 9.55 Å². The Hall–Kier alpha value is -5.18. The second kappa shape index (κ2) is 10.3. The lowest BCUT2D eigenvalue weighted by Crippen LogP contribution is -2.10. The molecule has 212 valence electrons. The quantitative estimate of drug-likeness (QED) is 0.198. The normalized spacial score (nSPS) is 11.7. The Morgan fingerprint density at radius 3 is 2.38 bits per heavy atom. The number of halogens is 3. The molecule has 0 amide bonds. The Morgan fingerprint density at radius 1 is 0.905 bits per heavy atom. The van der Waals surface area contributed by atoms with Gasteiger partial charge in [-0.1, -0.05) is 24.3 Å². The Bertz CT molecular complexity index is 1940. The summed E-state index contributed by atoms with van der Waals surface area (Å²) < 4.78 is 49.1. The van der Waals surface area contributed by atoms with Crippen LogP contribution in [0.3, 0.4) is 0 Å². The molecule has 0 bridgehead atoms. The Labute approximate surface area is 240 Å². The topological polar surface area (TPSA) is 62.3 Å². The Morgan fingerprint density at radius 2 is 1.67 bits per heavy atom. The van der Waals surface area contributed by atoms with Crippen molar-refractivity contribution in [3.8, 4) is 16.9 Å². The van der Waals surface area contributed by atoms with E-state index in [0.717, 1.165) is 39.2 Å². The first-order chi connectivity index (χ1) is 20.1. The maximum Gasteiger partial charge on any atom is 0.416 e. The molecule has 4 aromatic carbocycles. The first-order valence-corrected chi connectivity index (χ1v) is 13.2. The van der Waals surface area contributed by atoms with E-state index in [-0.39, 0.29) is 0 Å². The van der Waals surface area contributed by atoms with Crippen LogP contribution in [-0.2, 0) is 10.9 Å². The van der Waals surface area contributed by atoms with Gasteiger partial charge in [0.1, 0.15) is 0 Å². The molecule has 2 aromatic heterocycles. The molecule has 0 aliphatic carbocycles. The van der Waals surface area contributed by atoms with Gasteiger partial charge in [-0.3, -0.25) is 0 Å². The predicted molar refractivity (Wildman–Crippen MR) is 161 cm³/mol. The van der Waals surface area contributed by atoms with Crippen molar-refractivity contribution in [2.45, 2.75) is 6.18 Å². The first-order valence-electron chi connectivity index (χ1n) is 13.2. The lowest BCUT2D eigenvalue weighted by molar-refractivity contribution is -0.137. The number of carbonyl (C=O) groups is 1. The van der Waals surface area contributed by atoms with E-state index in [1.807, 2.05) is 90.4 Å². The van der Waals surface area contributed by atoms with E-state index in [9.17, 15) is 18.0 Å². The number of carbonyl (C=O) groups excluding carboxylic acids is 1. The summed E-state index contributed by atoms with van der Waals surface area (Å²) in [5.41, 5.74) is 5.02. The van der Waals surface area contributed by atoms with Crippen LogP contribution in [0, 0.1) is 0 Å². The third kappa shape index (κ3) is 4.83. The van der Waals surface area contributed by atoms with E-state index < -0.39 is 17.7 Å². The first kappa shape index (κ1) is 27.0. The largest absolute Gasteiger partial charge is 0.465 e. The van der Waals surface area contributed by atoms with Gasteiger partial charge in [-0.15, -0.1) is 0 Å². The van der Waals surface area contributed by atoms with Crippen molar-refractivity contribution in [3.05, 3.63) is 108 Å². The van der Waals surface area contributed by atoms with Gasteiger partial charge in [0.15, 0.2) is 0 Å². The van der Waals surface area contributed by atoms with Crippen LogP contribution in [0.25, 0.3) is 38.8 Å². The molecule has 0 aliphatic rings. The number of para-hydroxylation sites is 1. The second-order valence-corrected chi connectivity index (χ2v) is 10.2. The van der Waals surface area contributed by atoms with Crippen molar-refractivity contribution in [2.24, 2.45) is 0 Å². The van der Waals surface area contributed by atoms with Gasteiger partial charge in [-0.2, -0.15) is 13.2 Å². The number of aromatic nitrogens is 2. The van der Waals surface area contributed by atoms with Crippen molar-refractivity contribution in [2.75, 3.05) is 31.4 Å². The smallest absolute Gasteiger partial charge is 0.416 e. The molecule has 42 heavy (non-hydrogen) atoms. The van der Waals surface area contributed by atoms with Crippen LogP contribution in [0.5, 0.6) is 0 Å². The highest BCUT2D eigenvalue weighted by Crippen LogP contribution is 2.41. The molecule has 2 N–H and O–H groups in total. The lowest BCUT2D eigenvalue weighted by atomic mass is 10.0. The van der Waals surface area contributed by atoms with Crippen molar-refractivity contribution in [1.29, 1.82) is 0 Å². The van der Waals surface area contributed by atoms with Crippen LogP contribution in [-0.4, -0.2) is 36.7 Å². The Balaban J connectivity index is 1.43. The maximum absolute atomic E-state index is 14.1. The standard InChI is InChI=1S/C33H27F3N4O2/c1-39(2)31-26-7-4-5-8-28(26)38-30(31)21-17-22(33(34,35)36)19-23(18-21)37-27-9-6-10-29-25(27)15-16-40(29)24-13-11-20(12-14-24)32(41)42-3/h4-19,37-38H,1-3H3. The number of alkyl halides is 3. The maximum atomic E-state index is 14.1. The number of rotatable bonds is 6. The molecular weight excluding hydrogens is 541 g/mol. The number of nitrogens with one attached hydrogen (secondary N) is 2. The lowest BCUT2D eigenvalue weighted by Gasteiger charge is -2.17. The van der Waals surface area contributed by atoms with Crippen molar-refractivity contribution >= 4 is 44.8 Å². The summed E-state index contributed by atoms with van der Waals surface area (Å²) in [6.07, 6.45) is -2.66. The fraction of sp³-hybridized carbons (Fsp3) is 0.121. The number of hydrogen-bond acceptors (Lipinski definition) is 4. The molecular formula is C33H27F3N4O2. The molecule has 0 atom stereocenters. The zero-order valence-electron chi connectivity index (χ0n) is 23.1. The second-order valence-electron chi connectivity index (χ2n) is 10.2. The summed E-state index contributed by atoms with van der Waals surface area (Å²) in [5.74, 6) is -0.420. The average Bonchev–Trinajstić information content (AvgIpc) is 3.59. The van der Waals surface area contributed by atoms with E-state index in [2.05, 4.69) is 10.3 Å². The molecule has 9 heteroatoms. The third-order valence-electron chi connectivity index (χ3n) is 7.25. The van der Waals surface area contributed by atoms with Gasteiger partial charge in [-0.05, 0) is 66.7 Å². The van der Waals surface area contributed by atoms with E-state index in [1.54, 1.807) is 18.2 Å². The molecule has 0 unspecified atom stereocenters. The summed E-state index contributed by atoms with van der Waals surface area (Å²) >= 11 is 0. The number of benzene rings is 4. The number of H-pyrrole nitrogens is 1. The van der Waals surface area contributed by atoms with E-state index in [1.165, 1.54) is 13.2 Å². The van der Waals surface area contributed by atoms with Gasteiger partial charge in [-0.25, -0.2) is 4.79 Å². The van der Waals surface area contributed by atoms with Gasteiger partial charge < -0.3 is 24.5 Å². The van der Waals surface area contributed by atoms with Gasteiger partial charge in [0.25, 0.3) is 0 Å². The minimum absolute atomic E-state index is 0.311. The number of hydrogen-bond donors (Lipinski definition) is 2. The predicted octanol–water partition coefficient (Wildman–Crippen LogP) is 8.39. The number of fused-ring (bicyclic) bond motifs is 2. The fourth-order valence-corrected chi connectivity index (χ4v) is 5.34. The van der Waals surface area contributed by atoms with Crippen LogP contribution < -0.4 is 10.2 Å². The average molecular weight is 569 g/mol. The van der Waals surface area contributed by atoms with Crippen LogP contribution in [0.4, 0.5) is 30.2 Å². The zero-order valence-corrected chi connectivity index (χ0v) is 23.1. The highest BCUT2D eigenvalue weighted by atomic mass is 19.4.